The molecule has 1 amide bonds. The molecule has 3 aromatic heterocycles. The lowest BCUT2D eigenvalue weighted by atomic mass is 10.1. The number of ether oxygens (including phenoxy) is 1. The summed E-state index contributed by atoms with van der Waals surface area (Å²) in [5, 5.41) is 6.37. The van der Waals surface area contributed by atoms with Gasteiger partial charge in [-0.25, -0.2) is 15.0 Å². The van der Waals surface area contributed by atoms with E-state index in [0.717, 1.165) is 38.0 Å². The predicted molar refractivity (Wildman–Crippen MR) is 126 cm³/mol. The van der Waals surface area contributed by atoms with Crippen molar-refractivity contribution in [3.63, 3.8) is 0 Å². The molecule has 1 fully saturated rings. The molecule has 2 aliphatic rings. The first-order valence-electron chi connectivity index (χ1n) is 11.6. The largest absolute Gasteiger partial charge is 0.481 e. The van der Waals surface area contributed by atoms with Crippen LogP contribution in [0.1, 0.15) is 30.7 Å². The standard InChI is InChI=1S/C23H28N8O3/c1-34-20-5-3-17-23(29-20)31(21(33)14-25-17)11-10-30-8-6-16(7-9-30)24-13-18-26-12-15-2-4-19(32)28-22(15)27-18/h3,5,12,14,16,24H,2,4,6-11,13H2,1H3,(H,26,27,28,32). The van der Waals surface area contributed by atoms with Crippen LogP contribution < -0.4 is 20.9 Å². The Balaban J connectivity index is 1.13. The molecule has 0 spiro atoms. The van der Waals surface area contributed by atoms with Gasteiger partial charge in [0.05, 0.1) is 19.9 Å². The molecule has 2 aliphatic heterocycles. The van der Waals surface area contributed by atoms with E-state index in [2.05, 4.69) is 35.5 Å². The molecular formula is C23H28N8O3. The molecule has 11 nitrogen and oxygen atoms in total. The summed E-state index contributed by atoms with van der Waals surface area (Å²) in [5.41, 5.74) is 2.05. The second-order valence-corrected chi connectivity index (χ2v) is 8.65. The molecule has 1 saturated heterocycles. The van der Waals surface area contributed by atoms with Gasteiger partial charge in [0.2, 0.25) is 11.8 Å². The van der Waals surface area contributed by atoms with Crippen molar-refractivity contribution >= 4 is 22.9 Å². The predicted octanol–water partition coefficient (Wildman–Crippen LogP) is 0.729. The number of carbonyl (C=O) groups is 1. The molecule has 0 bridgehead atoms. The first kappa shape index (κ1) is 22.4. The van der Waals surface area contributed by atoms with E-state index < -0.39 is 0 Å². The second kappa shape index (κ2) is 9.82. The molecule has 0 aliphatic carbocycles. The lowest BCUT2D eigenvalue weighted by Gasteiger charge is -2.32. The monoisotopic (exact) mass is 464 g/mol. The molecule has 5 rings (SSSR count). The van der Waals surface area contributed by atoms with Gasteiger partial charge in [-0.3, -0.25) is 14.2 Å². The Bertz CT molecular complexity index is 1250. The normalized spacial score (nSPS) is 16.9. The summed E-state index contributed by atoms with van der Waals surface area (Å²) in [6, 6.07) is 3.93. The molecule has 178 valence electrons. The summed E-state index contributed by atoms with van der Waals surface area (Å²) in [6.45, 7) is 3.75. The number of fused-ring (bicyclic) bond motifs is 2. The number of likely N-dealkylation sites (tertiary alicyclic amines) is 1. The third kappa shape index (κ3) is 4.90. The lowest BCUT2D eigenvalue weighted by Crippen LogP contribution is -2.43. The van der Waals surface area contributed by atoms with E-state index in [0.29, 0.717) is 60.7 Å². The number of aromatic nitrogens is 5. The highest BCUT2D eigenvalue weighted by Crippen LogP contribution is 2.19. The van der Waals surface area contributed by atoms with Crippen LogP contribution in [0.5, 0.6) is 5.88 Å². The number of piperidine rings is 1. The Labute approximate surface area is 196 Å². The Morgan fingerprint density at radius 1 is 1.09 bits per heavy atom. The molecule has 0 radical (unpaired) electrons. The fourth-order valence-corrected chi connectivity index (χ4v) is 4.45. The van der Waals surface area contributed by atoms with E-state index in [9.17, 15) is 9.59 Å². The summed E-state index contributed by atoms with van der Waals surface area (Å²) < 4.78 is 6.88. The number of hydrogen-bond donors (Lipinski definition) is 2. The van der Waals surface area contributed by atoms with Gasteiger partial charge in [0.1, 0.15) is 17.2 Å². The number of aryl methyl sites for hydroxylation is 1. The van der Waals surface area contributed by atoms with Crippen molar-refractivity contribution in [3.05, 3.63) is 46.3 Å². The maximum atomic E-state index is 12.4. The van der Waals surface area contributed by atoms with Gasteiger partial charge in [0.15, 0.2) is 5.65 Å². The highest BCUT2D eigenvalue weighted by Gasteiger charge is 2.21. The van der Waals surface area contributed by atoms with Crippen LogP contribution in [0, 0.1) is 0 Å². The highest BCUT2D eigenvalue weighted by atomic mass is 16.5. The van der Waals surface area contributed by atoms with Crippen LogP contribution in [-0.4, -0.2) is 68.1 Å². The molecular weight excluding hydrogens is 436 g/mol. The average molecular weight is 465 g/mol. The highest BCUT2D eigenvalue weighted by molar-refractivity contribution is 5.92. The third-order valence-corrected chi connectivity index (χ3v) is 6.44. The molecule has 3 aromatic rings. The van der Waals surface area contributed by atoms with Gasteiger partial charge in [-0.05, 0) is 38.4 Å². The number of amides is 1. The molecule has 34 heavy (non-hydrogen) atoms. The lowest BCUT2D eigenvalue weighted by molar-refractivity contribution is -0.116. The van der Waals surface area contributed by atoms with Crippen LogP contribution in [0.25, 0.3) is 11.2 Å². The van der Waals surface area contributed by atoms with Crippen molar-refractivity contribution in [2.24, 2.45) is 0 Å². The number of rotatable bonds is 7. The number of anilines is 1. The fourth-order valence-electron chi connectivity index (χ4n) is 4.45. The number of hydrogen-bond acceptors (Lipinski definition) is 9. The van der Waals surface area contributed by atoms with E-state index in [1.165, 1.54) is 6.20 Å². The number of methoxy groups -OCH3 is 1. The van der Waals surface area contributed by atoms with Crippen molar-refractivity contribution in [1.82, 2.24) is 34.7 Å². The molecule has 5 heterocycles. The van der Waals surface area contributed by atoms with Gasteiger partial charge in [-0.2, -0.15) is 4.98 Å². The van der Waals surface area contributed by atoms with Crippen LogP contribution in [0.15, 0.2) is 29.3 Å². The quantitative estimate of drug-likeness (QED) is 0.520. The Morgan fingerprint density at radius 3 is 2.76 bits per heavy atom. The first-order chi connectivity index (χ1) is 16.6. The van der Waals surface area contributed by atoms with Crippen LogP contribution in [0.2, 0.25) is 0 Å². The first-order valence-corrected chi connectivity index (χ1v) is 11.6. The SMILES string of the molecule is COc1ccc2ncc(=O)n(CCN3CCC(NCc4ncc5c(n4)NC(=O)CC5)CC3)c2n1. The summed E-state index contributed by atoms with van der Waals surface area (Å²) >= 11 is 0. The van der Waals surface area contributed by atoms with E-state index in [4.69, 9.17) is 4.74 Å². The second-order valence-electron chi connectivity index (χ2n) is 8.65. The van der Waals surface area contributed by atoms with Gasteiger partial charge in [0.25, 0.3) is 5.56 Å². The van der Waals surface area contributed by atoms with Crippen molar-refractivity contribution < 1.29 is 9.53 Å². The van der Waals surface area contributed by atoms with Gasteiger partial charge in [0, 0.05) is 43.4 Å². The zero-order valence-corrected chi connectivity index (χ0v) is 19.2. The van der Waals surface area contributed by atoms with Crippen LogP contribution in [0.4, 0.5) is 5.82 Å². The number of carbonyl (C=O) groups excluding carboxylic acids is 1. The van der Waals surface area contributed by atoms with Crippen molar-refractivity contribution in [1.29, 1.82) is 0 Å². The van der Waals surface area contributed by atoms with Crippen LogP contribution in [-0.2, 0) is 24.3 Å². The maximum Gasteiger partial charge on any atom is 0.270 e. The van der Waals surface area contributed by atoms with Gasteiger partial charge in [-0.15, -0.1) is 0 Å². The molecule has 0 aromatic carbocycles. The van der Waals surface area contributed by atoms with E-state index in [1.807, 2.05) is 12.3 Å². The molecule has 0 unspecified atom stereocenters. The summed E-state index contributed by atoms with van der Waals surface area (Å²) in [6.07, 6.45) is 6.35. The zero-order valence-electron chi connectivity index (χ0n) is 19.2. The Kier molecular flexibility index (Phi) is 6.45. The van der Waals surface area contributed by atoms with Crippen LogP contribution in [0.3, 0.4) is 0 Å². The maximum absolute atomic E-state index is 12.4. The Hall–Kier alpha value is -3.44. The van der Waals surface area contributed by atoms with Crippen LogP contribution >= 0.6 is 0 Å². The molecule has 2 N–H and O–H groups in total. The van der Waals surface area contributed by atoms with Gasteiger partial charge in [-0.1, -0.05) is 0 Å². The number of nitrogens with one attached hydrogen (secondary N) is 2. The number of pyridine rings is 1. The minimum absolute atomic E-state index is 0.00873. The van der Waals surface area contributed by atoms with Crippen molar-refractivity contribution in [2.45, 2.75) is 44.8 Å². The summed E-state index contributed by atoms with van der Waals surface area (Å²) in [7, 11) is 1.56. The topological polar surface area (TPSA) is 127 Å². The summed E-state index contributed by atoms with van der Waals surface area (Å²) in [4.78, 5) is 44.0. The van der Waals surface area contributed by atoms with Gasteiger partial charge >= 0.3 is 0 Å². The molecule has 0 saturated carbocycles. The average Bonchev–Trinajstić information content (AvgIpc) is 2.87. The van der Waals surface area contributed by atoms with E-state index in [1.54, 1.807) is 17.7 Å². The van der Waals surface area contributed by atoms with Crippen molar-refractivity contribution in [2.75, 3.05) is 32.1 Å². The minimum Gasteiger partial charge on any atom is -0.481 e. The smallest absolute Gasteiger partial charge is 0.270 e. The Morgan fingerprint density at radius 2 is 1.94 bits per heavy atom. The van der Waals surface area contributed by atoms with E-state index >= 15 is 0 Å². The zero-order chi connectivity index (χ0) is 23.5. The molecule has 0 atom stereocenters. The van der Waals surface area contributed by atoms with E-state index in [-0.39, 0.29) is 11.5 Å². The van der Waals surface area contributed by atoms with Crippen molar-refractivity contribution in [3.8, 4) is 5.88 Å². The molecule has 11 heteroatoms. The van der Waals surface area contributed by atoms with Gasteiger partial charge < -0.3 is 20.3 Å². The third-order valence-electron chi connectivity index (χ3n) is 6.44. The summed E-state index contributed by atoms with van der Waals surface area (Å²) in [5.74, 6) is 1.80. The number of nitrogens with zero attached hydrogens (tertiary/aromatic N) is 6. The minimum atomic E-state index is -0.161. The fraction of sp³-hybridized carbons (Fsp3) is 0.478.